The lowest BCUT2D eigenvalue weighted by molar-refractivity contribution is -0.118. The number of carbonyl (C=O) groups excluding carboxylic acids is 2. The fraction of sp³-hybridized carbons (Fsp3) is 0.300. The van der Waals surface area contributed by atoms with Crippen molar-refractivity contribution < 1.29 is 22.7 Å². The highest BCUT2D eigenvalue weighted by molar-refractivity contribution is 7.92. The van der Waals surface area contributed by atoms with Crippen LogP contribution >= 0.6 is 0 Å². The van der Waals surface area contributed by atoms with E-state index in [4.69, 9.17) is 4.74 Å². The first-order valence-electron chi connectivity index (χ1n) is 8.94. The average Bonchev–Trinajstić information content (AvgIpc) is 2.65. The second kappa shape index (κ2) is 9.42. The number of nitrogens with zero attached hydrogens (tertiary/aromatic N) is 1. The third-order valence-corrected chi connectivity index (χ3v) is 5.14. The largest absolute Gasteiger partial charge is 0.484 e. The van der Waals surface area contributed by atoms with Gasteiger partial charge in [0.15, 0.2) is 6.61 Å². The molecule has 8 nitrogen and oxygen atoms in total. The summed E-state index contributed by atoms with van der Waals surface area (Å²) in [4.78, 5) is 24.5. The maximum atomic E-state index is 12.3. The first-order chi connectivity index (χ1) is 13.6. The van der Waals surface area contributed by atoms with Crippen LogP contribution < -0.4 is 19.7 Å². The van der Waals surface area contributed by atoms with Gasteiger partial charge < -0.3 is 15.4 Å². The smallest absolute Gasteiger partial charge is 0.262 e. The van der Waals surface area contributed by atoms with E-state index in [1.165, 1.54) is 7.05 Å². The molecule has 2 aromatic carbocycles. The van der Waals surface area contributed by atoms with Gasteiger partial charge in [0.05, 0.1) is 23.2 Å². The number of benzene rings is 2. The minimum atomic E-state index is -3.35. The van der Waals surface area contributed by atoms with Gasteiger partial charge in [0, 0.05) is 13.1 Å². The van der Waals surface area contributed by atoms with Crippen LogP contribution in [0.25, 0.3) is 0 Å². The lowest BCUT2D eigenvalue weighted by Gasteiger charge is -2.17. The van der Waals surface area contributed by atoms with Crippen molar-refractivity contribution in [3.63, 3.8) is 0 Å². The molecule has 0 heterocycles. The molecule has 0 spiro atoms. The van der Waals surface area contributed by atoms with Crippen LogP contribution in [0.2, 0.25) is 0 Å². The fourth-order valence-corrected chi connectivity index (χ4v) is 2.91. The van der Waals surface area contributed by atoms with E-state index >= 15 is 0 Å². The molecule has 0 saturated heterocycles. The van der Waals surface area contributed by atoms with Crippen LogP contribution in [0.4, 0.5) is 11.4 Å². The van der Waals surface area contributed by atoms with Gasteiger partial charge in [-0.25, -0.2) is 8.42 Å². The van der Waals surface area contributed by atoms with Crippen molar-refractivity contribution in [2.24, 2.45) is 0 Å². The Morgan fingerprint density at radius 1 is 1.07 bits per heavy atom. The van der Waals surface area contributed by atoms with Crippen molar-refractivity contribution >= 4 is 33.2 Å². The first-order valence-corrected chi connectivity index (χ1v) is 10.8. The summed E-state index contributed by atoms with van der Waals surface area (Å²) in [5, 5.41) is 5.46. The topological polar surface area (TPSA) is 105 Å². The molecule has 0 aromatic heterocycles. The van der Waals surface area contributed by atoms with E-state index in [1.54, 1.807) is 48.5 Å². The summed E-state index contributed by atoms with van der Waals surface area (Å²) in [5.74, 6) is -0.286. The molecule has 2 aromatic rings. The van der Waals surface area contributed by atoms with Gasteiger partial charge in [0.1, 0.15) is 5.75 Å². The molecule has 0 unspecified atom stereocenters. The molecule has 0 aliphatic rings. The average molecular weight is 420 g/mol. The van der Waals surface area contributed by atoms with Gasteiger partial charge in [0.25, 0.3) is 11.8 Å². The van der Waals surface area contributed by atoms with Crippen molar-refractivity contribution in [1.29, 1.82) is 0 Å². The summed E-state index contributed by atoms with van der Waals surface area (Å²) < 4.78 is 29.7. The summed E-state index contributed by atoms with van der Waals surface area (Å²) in [6, 6.07) is 13.0. The third kappa shape index (κ3) is 6.49. The Balaban J connectivity index is 1.98. The molecule has 2 rings (SSSR count). The number of para-hydroxylation sites is 1. The number of rotatable bonds is 8. The Morgan fingerprint density at radius 3 is 2.28 bits per heavy atom. The Morgan fingerprint density at radius 2 is 1.69 bits per heavy atom. The van der Waals surface area contributed by atoms with E-state index < -0.39 is 15.9 Å². The van der Waals surface area contributed by atoms with Crippen molar-refractivity contribution in [2.75, 3.05) is 29.5 Å². The van der Waals surface area contributed by atoms with E-state index in [0.717, 1.165) is 10.6 Å². The summed E-state index contributed by atoms with van der Waals surface area (Å²) in [6.45, 7) is 3.44. The van der Waals surface area contributed by atoms with Crippen LogP contribution in [0, 0.1) is 0 Å². The Hall–Kier alpha value is -3.07. The number of sulfonamides is 1. The van der Waals surface area contributed by atoms with Crippen molar-refractivity contribution in [3.05, 3.63) is 54.1 Å². The second-order valence-corrected chi connectivity index (χ2v) is 8.75. The number of nitrogens with one attached hydrogen (secondary N) is 2. The zero-order chi connectivity index (χ0) is 21.6. The lowest BCUT2D eigenvalue weighted by atomic mass is 10.1. The van der Waals surface area contributed by atoms with Crippen LogP contribution in [0.1, 0.15) is 24.2 Å². The van der Waals surface area contributed by atoms with Gasteiger partial charge in [-0.1, -0.05) is 12.1 Å². The van der Waals surface area contributed by atoms with Gasteiger partial charge in [-0.2, -0.15) is 0 Å². The minimum absolute atomic E-state index is 0.0284. The summed E-state index contributed by atoms with van der Waals surface area (Å²) >= 11 is 0. The molecule has 0 atom stereocenters. The predicted molar refractivity (Wildman–Crippen MR) is 113 cm³/mol. The van der Waals surface area contributed by atoms with Crippen molar-refractivity contribution in [3.8, 4) is 5.75 Å². The maximum absolute atomic E-state index is 12.3. The summed E-state index contributed by atoms with van der Waals surface area (Å²) in [5.41, 5.74) is 1.24. The summed E-state index contributed by atoms with van der Waals surface area (Å²) in [6.07, 6.45) is 1.11. The van der Waals surface area contributed by atoms with Crippen LogP contribution in [0.5, 0.6) is 5.75 Å². The zero-order valence-corrected chi connectivity index (χ0v) is 17.6. The number of anilines is 2. The van der Waals surface area contributed by atoms with Crippen LogP contribution in [0.3, 0.4) is 0 Å². The molecule has 0 aliphatic carbocycles. The monoisotopic (exact) mass is 419 g/mol. The molecular weight excluding hydrogens is 394 g/mol. The number of hydrogen-bond donors (Lipinski definition) is 2. The van der Waals surface area contributed by atoms with Gasteiger partial charge in [-0.15, -0.1) is 0 Å². The number of amides is 2. The normalized spacial score (nSPS) is 11.1. The SMILES string of the molecule is CC(C)NC(=O)c1ccccc1NC(=O)COc1ccc(N(C)S(C)(=O)=O)cc1. The van der Waals surface area contributed by atoms with Gasteiger partial charge >= 0.3 is 0 Å². The molecule has 0 aliphatic heterocycles. The van der Waals surface area contributed by atoms with Crippen molar-refractivity contribution in [2.45, 2.75) is 19.9 Å². The fourth-order valence-electron chi connectivity index (χ4n) is 2.41. The molecule has 2 N–H and O–H groups in total. The van der Waals surface area contributed by atoms with Crippen LogP contribution in [0.15, 0.2) is 48.5 Å². The Bertz CT molecular complexity index is 972. The molecule has 9 heteroatoms. The molecule has 0 fully saturated rings. The van der Waals surface area contributed by atoms with Gasteiger partial charge in [0.2, 0.25) is 10.0 Å². The van der Waals surface area contributed by atoms with E-state index in [-0.39, 0.29) is 18.6 Å². The molecule has 0 bridgehead atoms. The molecular formula is C20H25N3O5S. The Kier molecular flexibility index (Phi) is 7.22. The van der Waals surface area contributed by atoms with Gasteiger partial charge in [-0.05, 0) is 50.2 Å². The van der Waals surface area contributed by atoms with E-state index in [2.05, 4.69) is 10.6 Å². The quantitative estimate of drug-likeness (QED) is 0.683. The number of hydrogen-bond acceptors (Lipinski definition) is 5. The van der Waals surface area contributed by atoms with Crippen LogP contribution in [-0.2, 0) is 14.8 Å². The molecule has 0 radical (unpaired) electrons. The van der Waals surface area contributed by atoms with Crippen LogP contribution in [-0.4, -0.2) is 46.2 Å². The summed E-state index contributed by atoms with van der Waals surface area (Å²) in [7, 11) is -1.90. The highest BCUT2D eigenvalue weighted by Gasteiger charge is 2.15. The lowest BCUT2D eigenvalue weighted by Crippen LogP contribution is -2.31. The number of ether oxygens (including phenoxy) is 1. The number of carbonyl (C=O) groups is 2. The van der Waals surface area contributed by atoms with Crippen molar-refractivity contribution in [1.82, 2.24) is 5.32 Å². The molecule has 2 amide bonds. The van der Waals surface area contributed by atoms with E-state index in [0.29, 0.717) is 22.7 Å². The van der Waals surface area contributed by atoms with E-state index in [9.17, 15) is 18.0 Å². The standard InChI is InChI=1S/C20H25N3O5S/c1-14(2)21-20(25)17-7-5-6-8-18(17)22-19(24)13-28-16-11-9-15(10-12-16)23(3)29(4,26)27/h5-12,14H,13H2,1-4H3,(H,21,25)(H,22,24). The molecule has 29 heavy (non-hydrogen) atoms. The first kappa shape index (κ1) is 22.2. The third-order valence-electron chi connectivity index (χ3n) is 3.93. The minimum Gasteiger partial charge on any atom is -0.484 e. The van der Waals surface area contributed by atoms with Gasteiger partial charge in [-0.3, -0.25) is 13.9 Å². The Labute approximate surface area is 170 Å². The van der Waals surface area contributed by atoms with E-state index in [1.807, 2.05) is 13.8 Å². The predicted octanol–water partition coefficient (Wildman–Crippen LogP) is 2.24. The second-order valence-electron chi connectivity index (χ2n) is 6.73. The molecule has 0 saturated carbocycles. The maximum Gasteiger partial charge on any atom is 0.262 e. The zero-order valence-electron chi connectivity index (χ0n) is 16.8. The highest BCUT2D eigenvalue weighted by atomic mass is 32.2. The molecule has 156 valence electrons. The highest BCUT2D eigenvalue weighted by Crippen LogP contribution is 2.20.